The summed E-state index contributed by atoms with van der Waals surface area (Å²) in [5, 5.41) is 2.85. The van der Waals surface area contributed by atoms with Crippen molar-refractivity contribution < 1.29 is 14.3 Å². The molecule has 0 bridgehead atoms. The molecule has 1 aromatic rings. The molecule has 0 aliphatic rings. The number of amides is 1. The Morgan fingerprint density at radius 1 is 1.32 bits per heavy atom. The first-order valence-electron chi connectivity index (χ1n) is 6.51. The molecule has 4 nitrogen and oxygen atoms in total. The molecule has 4 heteroatoms. The Labute approximate surface area is 114 Å². The smallest absolute Gasteiger partial charge is 0.224 e. The number of nitrogens with one attached hydrogen (secondary N) is 1. The molecule has 0 unspecified atom stereocenters. The van der Waals surface area contributed by atoms with Crippen LogP contribution in [0.3, 0.4) is 0 Å². The highest BCUT2D eigenvalue weighted by Crippen LogP contribution is 2.16. The lowest BCUT2D eigenvalue weighted by Gasteiger charge is -2.08. The summed E-state index contributed by atoms with van der Waals surface area (Å²) < 4.78 is 10.4. The molecule has 1 aromatic carbocycles. The second-order valence-electron chi connectivity index (χ2n) is 4.06. The van der Waals surface area contributed by atoms with E-state index in [2.05, 4.69) is 18.8 Å². The van der Waals surface area contributed by atoms with Crippen molar-refractivity contribution >= 4 is 11.6 Å². The first-order chi connectivity index (χ1) is 9.26. The van der Waals surface area contributed by atoms with Gasteiger partial charge in [-0.1, -0.05) is 19.9 Å². The van der Waals surface area contributed by atoms with Gasteiger partial charge in [-0.3, -0.25) is 4.79 Å². The number of hydrogen-bond donors (Lipinski definition) is 1. The SMILES string of the molecule is C=COCCOc1ccc(NC(=O)CCCC)cc1. The van der Waals surface area contributed by atoms with Gasteiger partial charge in [-0.25, -0.2) is 0 Å². The minimum Gasteiger partial charge on any atom is -0.498 e. The highest BCUT2D eigenvalue weighted by Gasteiger charge is 2.01. The topological polar surface area (TPSA) is 47.6 Å². The Morgan fingerprint density at radius 2 is 2.05 bits per heavy atom. The number of hydrogen-bond acceptors (Lipinski definition) is 3. The first kappa shape index (κ1) is 15.1. The van der Waals surface area contributed by atoms with Gasteiger partial charge in [-0.15, -0.1) is 0 Å². The first-order valence-corrected chi connectivity index (χ1v) is 6.51. The molecule has 0 aromatic heterocycles. The predicted molar refractivity (Wildman–Crippen MR) is 76.2 cm³/mol. The van der Waals surface area contributed by atoms with Crippen molar-refractivity contribution in [1.82, 2.24) is 0 Å². The van der Waals surface area contributed by atoms with Gasteiger partial charge in [0.05, 0.1) is 6.26 Å². The van der Waals surface area contributed by atoms with Gasteiger partial charge in [0.25, 0.3) is 0 Å². The number of ether oxygens (including phenoxy) is 2. The average molecular weight is 263 g/mol. The molecular formula is C15H21NO3. The summed E-state index contributed by atoms with van der Waals surface area (Å²) in [7, 11) is 0. The van der Waals surface area contributed by atoms with Crippen LogP contribution in [0.1, 0.15) is 26.2 Å². The predicted octanol–water partition coefficient (Wildman–Crippen LogP) is 3.35. The summed E-state index contributed by atoms with van der Waals surface area (Å²) >= 11 is 0. The molecule has 0 aliphatic heterocycles. The monoisotopic (exact) mass is 263 g/mol. The molecule has 1 N–H and O–H groups in total. The Bertz CT molecular complexity index is 387. The Balaban J connectivity index is 2.34. The second-order valence-corrected chi connectivity index (χ2v) is 4.06. The maximum atomic E-state index is 11.5. The lowest BCUT2D eigenvalue weighted by molar-refractivity contribution is -0.116. The molecule has 104 valence electrons. The van der Waals surface area contributed by atoms with Crippen molar-refractivity contribution in [3.8, 4) is 5.75 Å². The van der Waals surface area contributed by atoms with Gasteiger partial charge in [0, 0.05) is 12.1 Å². The van der Waals surface area contributed by atoms with E-state index in [4.69, 9.17) is 9.47 Å². The summed E-state index contributed by atoms with van der Waals surface area (Å²) in [5.74, 6) is 0.800. The van der Waals surface area contributed by atoms with Gasteiger partial charge in [0.2, 0.25) is 5.91 Å². The maximum Gasteiger partial charge on any atom is 0.224 e. The number of carbonyl (C=O) groups excluding carboxylic acids is 1. The van der Waals surface area contributed by atoms with Crippen molar-refractivity contribution in [3.63, 3.8) is 0 Å². The van der Waals surface area contributed by atoms with E-state index in [0.29, 0.717) is 19.6 Å². The average Bonchev–Trinajstić information content (AvgIpc) is 2.43. The molecule has 0 aliphatic carbocycles. The number of benzene rings is 1. The van der Waals surface area contributed by atoms with E-state index in [1.54, 1.807) is 0 Å². The van der Waals surface area contributed by atoms with Crippen LogP contribution in [0.5, 0.6) is 5.75 Å². The van der Waals surface area contributed by atoms with Gasteiger partial charge in [-0.05, 0) is 30.7 Å². The normalized spacial score (nSPS) is 9.74. The van der Waals surface area contributed by atoms with Crippen LogP contribution in [0, 0.1) is 0 Å². The molecular weight excluding hydrogens is 242 g/mol. The van der Waals surface area contributed by atoms with Crippen molar-refractivity contribution in [1.29, 1.82) is 0 Å². The molecule has 0 saturated heterocycles. The van der Waals surface area contributed by atoms with Crippen molar-refractivity contribution in [2.24, 2.45) is 0 Å². The van der Waals surface area contributed by atoms with Crippen LogP contribution < -0.4 is 10.1 Å². The minimum absolute atomic E-state index is 0.0508. The maximum absolute atomic E-state index is 11.5. The molecule has 0 atom stereocenters. The van der Waals surface area contributed by atoms with Crippen LogP contribution in [0.2, 0.25) is 0 Å². The van der Waals surface area contributed by atoms with E-state index in [1.165, 1.54) is 6.26 Å². The molecule has 0 radical (unpaired) electrons. The highest BCUT2D eigenvalue weighted by molar-refractivity contribution is 5.90. The summed E-state index contributed by atoms with van der Waals surface area (Å²) in [6, 6.07) is 7.30. The summed E-state index contributed by atoms with van der Waals surface area (Å²) in [6.07, 6.45) is 3.88. The molecule has 0 spiro atoms. The molecule has 0 fully saturated rings. The fourth-order valence-corrected chi connectivity index (χ4v) is 1.49. The van der Waals surface area contributed by atoms with Gasteiger partial charge >= 0.3 is 0 Å². The molecule has 0 saturated carbocycles. The number of rotatable bonds is 9. The Kier molecular flexibility index (Phi) is 7.17. The lowest BCUT2D eigenvalue weighted by Crippen LogP contribution is -2.10. The third-order valence-electron chi connectivity index (χ3n) is 2.48. The number of carbonyl (C=O) groups is 1. The van der Waals surface area contributed by atoms with Gasteiger partial charge in [-0.2, -0.15) is 0 Å². The molecule has 1 rings (SSSR count). The standard InChI is InChI=1S/C15H21NO3/c1-3-5-6-15(17)16-13-7-9-14(10-8-13)19-12-11-18-4-2/h4,7-10H,2-3,5-6,11-12H2,1H3,(H,16,17). The van der Waals surface area contributed by atoms with E-state index >= 15 is 0 Å². The lowest BCUT2D eigenvalue weighted by atomic mass is 10.2. The van der Waals surface area contributed by atoms with E-state index in [9.17, 15) is 4.79 Å². The number of anilines is 1. The van der Waals surface area contributed by atoms with Crippen LogP contribution in [-0.2, 0) is 9.53 Å². The zero-order valence-corrected chi connectivity index (χ0v) is 11.4. The van der Waals surface area contributed by atoms with Crippen LogP contribution in [-0.4, -0.2) is 19.1 Å². The second kappa shape index (κ2) is 9.03. The van der Waals surface area contributed by atoms with Crippen LogP contribution in [0.4, 0.5) is 5.69 Å². The fourth-order valence-electron chi connectivity index (χ4n) is 1.49. The zero-order chi connectivity index (χ0) is 13.9. The zero-order valence-electron chi connectivity index (χ0n) is 11.4. The molecule has 19 heavy (non-hydrogen) atoms. The largest absolute Gasteiger partial charge is 0.498 e. The number of unbranched alkanes of at least 4 members (excludes halogenated alkanes) is 1. The van der Waals surface area contributed by atoms with E-state index in [1.807, 2.05) is 24.3 Å². The third-order valence-corrected chi connectivity index (χ3v) is 2.48. The van der Waals surface area contributed by atoms with Crippen molar-refractivity contribution in [2.75, 3.05) is 18.5 Å². The van der Waals surface area contributed by atoms with E-state index < -0.39 is 0 Å². The quantitative estimate of drug-likeness (QED) is 0.549. The molecule has 1 amide bonds. The fraction of sp³-hybridized carbons (Fsp3) is 0.400. The summed E-state index contributed by atoms with van der Waals surface area (Å²) in [4.78, 5) is 11.5. The van der Waals surface area contributed by atoms with Crippen LogP contribution in [0.15, 0.2) is 37.1 Å². The van der Waals surface area contributed by atoms with Gasteiger partial charge in [0.1, 0.15) is 19.0 Å². The Hall–Kier alpha value is -1.97. The van der Waals surface area contributed by atoms with Crippen LogP contribution in [0.25, 0.3) is 0 Å². The highest BCUT2D eigenvalue weighted by atomic mass is 16.5. The van der Waals surface area contributed by atoms with Crippen LogP contribution >= 0.6 is 0 Å². The molecule has 0 heterocycles. The summed E-state index contributed by atoms with van der Waals surface area (Å²) in [6.45, 7) is 6.45. The third kappa shape index (κ3) is 6.50. The van der Waals surface area contributed by atoms with Crippen molar-refractivity contribution in [3.05, 3.63) is 37.1 Å². The minimum atomic E-state index is 0.0508. The van der Waals surface area contributed by atoms with Crippen molar-refractivity contribution in [2.45, 2.75) is 26.2 Å². The summed E-state index contributed by atoms with van der Waals surface area (Å²) in [5.41, 5.74) is 0.788. The Morgan fingerprint density at radius 3 is 2.68 bits per heavy atom. The van der Waals surface area contributed by atoms with E-state index in [0.717, 1.165) is 24.3 Å². The van der Waals surface area contributed by atoms with Gasteiger partial charge in [0.15, 0.2) is 0 Å². The van der Waals surface area contributed by atoms with Gasteiger partial charge < -0.3 is 14.8 Å². The van der Waals surface area contributed by atoms with E-state index in [-0.39, 0.29) is 5.91 Å².